The highest BCUT2D eigenvalue weighted by Gasteiger charge is 2.59. The summed E-state index contributed by atoms with van der Waals surface area (Å²) in [5.41, 5.74) is 22.2. The number of imide groups is 2. The van der Waals surface area contributed by atoms with Crippen LogP contribution in [0.1, 0.15) is 138 Å². The molecular weight excluding hydrogens is 1710 g/mol. The van der Waals surface area contributed by atoms with Crippen LogP contribution in [-0.4, -0.2) is 178 Å². The highest BCUT2D eigenvalue weighted by Crippen LogP contribution is 2.47. The van der Waals surface area contributed by atoms with Crippen LogP contribution < -0.4 is 66.9 Å². The average molecular weight is 1800 g/mol. The van der Waals surface area contributed by atoms with Gasteiger partial charge in [-0.3, -0.25) is 24.4 Å². The van der Waals surface area contributed by atoms with E-state index in [9.17, 15) is 88.9 Å². The molecular formula is C87H94F7N15O20. The van der Waals surface area contributed by atoms with Gasteiger partial charge >= 0.3 is 72.6 Å². The minimum Gasteiger partial charge on any atom is -0.480 e. The van der Waals surface area contributed by atoms with Crippen molar-refractivity contribution in [1.29, 1.82) is 0 Å². The van der Waals surface area contributed by atoms with Crippen LogP contribution in [0.3, 0.4) is 0 Å². The molecule has 0 spiro atoms. The van der Waals surface area contributed by atoms with Crippen LogP contribution in [0.4, 0.5) is 67.4 Å². The molecule has 11 heterocycles. The normalized spacial score (nSPS) is 23.3. The molecule has 4 aromatic heterocycles. The van der Waals surface area contributed by atoms with Gasteiger partial charge in [0.15, 0.2) is 46.6 Å². The zero-order valence-electron chi connectivity index (χ0n) is 70.6. The number of likely N-dealkylation sites (tertiary alicyclic amines) is 4. The van der Waals surface area contributed by atoms with Crippen molar-refractivity contribution in [2.75, 3.05) is 30.4 Å². The van der Waals surface area contributed by atoms with Gasteiger partial charge < -0.3 is 86.6 Å². The topological polar surface area (TPSA) is 476 Å². The first kappa shape index (κ1) is 93.9. The van der Waals surface area contributed by atoms with E-state index in [0.29, 0.717) is 71.4 Å². The third-order valence-electron chi connectivity index (χ3n) is 22.6. The van der Waals surface area contributed by atoms with Gasteiger partial charge in [0, 0.05) is 68.1 Å². The number of carbonyl (C=O) groups is 10. The molecule has 10 amide bonds. The number of rotatable bonds is 22. The van der Waals surface area contributed by atoms with E-state index in [1.54, 1.807) is 126 Å². The van der Waals surface area contributed by atoms with Gasteiger partial charge in [0.1, 0.15) is 35.6 Å². The Hall–Kier alpha value is -14.3. The molecule has 3 aromatic carbocycles. The number of carboxylic acid groups (broad SMARTS) is 2. The number of hydrogen-bond acceptors (Lipinski definition) is 25. The van der Waals surface area contributed by atoms with Gasteiger partial charge in [0.25, 0.3) is 0 Å². The van der Waals surface area contributed by atoms with E-state index in [2.05, 4.69) is 58.5 Å². The SMILES string of the molecule is C=C1C(Cc2ccnc(N)c2)[C@@H](C(=O)O)N1C(=O)N[C@@H](C)c1ccc2c(c1)OC(F)(F)O2.C=C1[C@H](Cc2ccnc(N)c2)[C@@H](C(=O)O)N1C(=O)N[C@@H](C1CCCCC1)C(F)(F)F.CCOC(=O)[C@@H]1C(Cc2ccnc(N)c2)C(=O)N1C(=O)NC(C)c1ccc2c(c1)OC(C)(F)O2.CCOC(=O)[C@@H]1[C@@H](Cc2ccncc2)C(=O)N1C(=O)N[C@H](C)c1ccc2c(c1)OC(C)(F)O2. The molecule has 129 heavy (non-hydrogen) atoms. The highest BCUT2D eigenvalue weighted by molar-refractivity contribution is 6.09. The standard InChI is InChI=1S/C23H25FN4O6.C23H24FN3O6.C21H20F2N4O5.C20H25F3N4O3/c1-4-32-21(30)19-15(9-13-7-8-26-18(25)10-13)20(29)28(19)22(31)27-12(2)14-5-6-16-17(11-14)34-23(3,24)33-16;1-4-31-21(29)19-16(11-14-7-9-25-10-8-14)20(28)27(19)22(30)26-13(2)15-5-6-17-18(12-15)33-23(3,24)32-17;1-10(13-3-4-15-16(9-13)32-21(22,23)31-15)26-20(30)27-11(2)14(18(27)19(28)29)7-12-5-6-25-17(24)8-12;1-11-14(9-12-7-8-25-15(24)10-12)16(18(28)29)27(11)19(30)26-17(20(21,22)23)13-5-3-2-4-6-13/h5-8,10-12,15,19H,4,9H2,1-3H3,(H2,25,26)(H,27,31);5-10,12-13,16,19H,4,11H2,1-3H3,(H,26,30);3-6,8-10,14,18H,2,7H2,1H3,(H2,24,25)(H,26,30)(H,28,29);7-8,10,13-14,16-17H,1-6,9H2,(H2,24,25)(H,26,30)(H,28,29)/t12?,15?,19-,23?;13-,16-,19+,23?;10-,14?,18-;14-,16-,17-/m0100/s1. The number of nitrogens with one attached hydrogen (secondary N) is 4. The molecule has 35 nitrogen and oxygen atoms in total. The highest BCUT2D eigenvalue weighted by atomic mass is 19.4. The van der Waals surface area contributed by atoms with E-state index in [-0.39, 0.29) is 84.3 Å². The number of halogens is 7. The largest absolute Gasteiger partial charge is 0.586 e. The molecule has 8 aliphatic rings. The van der Waals surface area contributed by atoms with E-state index < -0.39 is 162 Å². The quantitative estimate of drug-likeness (QED) is 0.0173. The number of benzene rings is 3. The fourth-order valence-corrected chi connectivity index (χ4v) is 16.3. The Labute approximate surface area is 733 Å². The third kappa shape index (κ3) is 21.5. The molecule has 1 aliphatic carbocycles. The van der Waals surface area contributed by atoms with E-state index in [4.69, 9.17) is 45.6 Å². The summed E-state index contributed by atoms with van der Waals surface area (Å²) in [6, 6.07) is 11.0. The second-order valence-corrected chi connectivity index (χ2v) is 31.7. The Morgan fingerprint density at radius 2 is 0.791 bits per heavy atom. The summed E-state index contributed by atoms with van der Waals surface area (Å²) in [5.74, 6) is -6.55. The predicted octanol–water partition coefficient (Wildman–Crippen LogP) is 11.6. The van der Waals surface area contributed by atoms with Gasteiger partial charge in [-0.05, 0) is 203 Å². The van der Waals surface area contributed by atoms with Gasteiger partial charge in [0.2, 0.25) is 11.8 Å². The number of β-lactam (4-membered cyclic amide) rings is 2. The summed E-state index contributed by atoms with van der Waals surface area (Å²) in [5, 5.41) is 29.4. The number of nitrogens with two attached hydrogens (primary N) is 3. The molecule has 1 saturated carbocycles. The van der Waals surface area contributed by atoms with Crippen LogP contribution in [0.2, 0.25) is 0 Å². The maximum Gasteiger partial charge on any atom is 0.586 e. The number of pyridine rings is 4. The summed E-state index contributed by atoms with van der Waals surface area (Å²) in [7, 11) is 0. The zero-order chi connectivity index (χ0) is 93.6. The summed E-state index contributed by atoms with van der Waals surface area (Å²) in [4.78, 5) is 145. The van der Waals surface area contributed by atoms with Crippen molar-refractivity contribution in [3.63, 3.8) is 0 Å². The minimum atomic E-state index is -4.61. The molecule has 14 atom stereocenters. The van der Waals surface area contributed by atoms with Gasteiger partial charge in [0.05, 0.1) is 43.2 Å². The number of fused-ring (bicyclic) bond motifs is 3. The third-order valence-corrected chi connectivity index (χ3v) is 22.6. The van der Waals surface area contributed by atoms with Crippen molar-refractivity contribution >= 4 is 77.3 Å². The number of aliphatic carboxylic acids is 2. The Morgan fingerprint density at radius 1 is 0.465 bits per heavy atom. The fraction of sp³-hybridized carbons (Fsp3) is 0.402. The maximum atomic E-state index is 13.9. The lowest BCUT2D eigenvalue weighted by Gasteiger charge is -2.48. The number of alkyl halides is 7. The van der Waals surface area contributed by atoms with Crippen molar-refractivity contribution in [2.24, 2.45) is 29.6 Å². The first-order valence-electron chi connectivity index (χ1n) is 41.0. The van der Waals surface area contributed by atoms with Crippen LogP contribution in [0.25, 0.3) is 0 Å². The molecule has 7 aromatic rings. The van der Waals surface area contributed by atoms with E-state index in [0.717, 1.165) is 51.0 Å². The number of hydrogen-bond donors (Lipinski definition) is 9. The Morgan fingerprint density at radius 3 is 1.16 bits per heavy atom. The lowest BCUT2D eigenvalue weighted by molar-refractivity contribution is -0.286. The summed E-state index contributed by atoms with van der Waals surface area (Å²) in [6.07, 6.45) is 3.39. The fourth-order valence-electron chi connectivity index (χ4n) is 16.3. The number of carbonyl (C=O) groups excluding carboxylic acids is 8. The number of anilines is 3. The van der Waals surface area contributed by atoms with Crippen molar-refractivity contribution < 1.29 is 127 Å². The molecule has 0 radical (unpaired) electrons. The Balaban J connectivity index is 0.000000156. The zero-order valence-corrected chi connectivity index (χ0v) is 70.6. The molecule has 0 bridgehead atoms. The van der Waals surface area contributed by atoms with Crippen LogP contribution >= 0.6 is 0 Å². The number of nitrogens with zero attached hydrogens (tertiary/aromatic N) is 8. The molecule has 12 N–H and O–H groups in total. The monoisotopic (exact) mass is 1800 g/mol. The van der Waals surface area contributed by atoms with Gasteiger partial charge in [-0.25, -0.2) is 63.1 Å². The van der Waals surface area contributed by atoms with Gasteiger partial charge in [-0.2, -0.15) is 22.0 Å². The number of esters is 2. The number of urea groups is 4. The molecule has 42 heteroatoms. The summed E-state index contributed by atoms with van der Waals surface area (Å²) >= 11 is 0. The first-order chi connectivity index (χ1) is 60.9. The first-order valence-corrected chi connectivity index (χ1v) is 41.0. The lowest BCUT2D eigenvalue weighted by atomic mass is 9.80. The van der Waals surface area contributed by atoms with Crippen LogP contribution in [0.5, 0.6) is 34.5 Å². The lowest BCUT2D eigenvalue weighted by Crippen LogP contribution is -2.69. The number of ether oxygens (including phenoxy) is 8. The van der Waals surface area contributed by atoms with Crippen LogP contribution in [-0.2, 0) is 63.9 Å². The Bertz CT molecular complexity index is 5460. The summed E-state index contributed by atoms with van der Waals surface area (Å²) in [6.45, 7) is 18.5. The minimum absolute atomic E-state index is 0.106. The van der Waals surface area contributed by atoms with Gasteiger partial charge in [-0.1, -0.05) is 50.6 Å². The van der Waals surface area contributed by atoms with E-state index >= 15 is 0 Å². The average Bonchev–Trinajstić information content (AvgIpc) is 0.913. The summed E-state index contributed by atoms with van der Waals surface area (Å²) < 4.78 is 134. The number of aromatic nitrogens is 4. The predicted molar refractivity (Wildman–Crippen MR) is 441 cm³/mol. The van der Waals surface area contributed by atoms with Crippen molar-refractivity contribution in [3.05, 3.63) is 198 Å². The second kappa shape index (κ2) is 38.5. The Kier molecular flexibility index (Phi) is 28.0. The van der Waals surface area contributed by atoms with Crippen molar-refractivity contribution in [3.8, 4) is 34.5 Å². The molecule has 7 aliphatic heterocycles. The smallest absolute Gasteiger partial charge is 0.480 e. The van der Waals surface area contributed by atoms with E-state index in [1.165, 1.54) is 42.9 Å². The molecule has 686 valence electrons. The molecule has 4 saturated heterocycles. The van der Waals surface area contributed by atoms with E-state index in [1.807, 2.05) is 5.32 Å². The molecule has 5 fully saturated rings. The number of nitrogen functional groups attached to an aromatic ring is 3. The van der Waals surface area contributed by atoms with Crippen molar-refractivity contribution in [2.45, 2.75) is 179 Å². The van der Waals surface area contributed by atoms with Crippen LogP contribution in [0.15, 0.2) is 159 Å². The number of amides is 10. The maximum absolute atomic E-state index is 13.9. The molecule has 5 unspecified atom stereocenters. The number of carboxylic acids is 2. The van der Waals surface area contributed by atoms with Gasteiger partial charge in [-0.15, -0.1) is 8.78 Å². The van der Waals surface area contributed by atoms with Crippen LogP contribution in [0, 0.1) is 29.6 Å². The van der Waals surface area contributed by atoms with Crippen molar-refractivity contribution in [1.82, 2.24) is 60.8 Å². The molecule has 15 rings (SSSR count). The second-order valence-electron chi connectivity index (χ2n) is 31.7.